The van der Waals surface area contributed by atoms with Crippen LogP contribution in [0.15, 0.2) is 35.2 Å². The molecule has 2 aromatic heterocycles. The van der Waals surface area contributed by atoms with Crippen molar-refractivity contribution in [2.24, 2.45) is 0 Å². The van der Waals surface area contributed by atoms with E-state index in [2.05, 4.69) is 21.5 Å². The molecule has 1 amide bonds. The Balaban J connectivity index is 1.54. The first-order valence-corrected chi connectivity index (χ1v) is 10.7. The van der Waals surface area contributed by atoms with Gasteiger partial charge in [-0.15, -0.1) is 11.8 Å². The number of carbonyl (C=O) groups is 2. The van der Waals surface area contributed by atoms with Crippen molar-refractivity contribution in [3.8, 4) is 6.07 Å². The van der Waals surface area contributed by atoms with E-state index in [1.807, 2.05) is 39.0 Å². The molecule has 0 saturated carbocycles. The van der Waals surface area contributed by atoms with Crippen molar-refractivity contribution in [2.75, 3.05) is 17.7 Å². The number of nitriles is 1. The summed E-state index contributed by atoms with van der Waals surface area (Å²) in [4.78, 5) is 29.7. The predicted octanol–water partition coefficient (Wildman–Crippen LogP) is 3.38. The molecule has 0 aliphatic heterocycles. The average Bonchev–Trinajstić information content (AvgIpc) is 3.11. The van der Waals surface area contributed by atoms with Gasteiger partial charge in [-0.3, -0.25) is 9.59 Å². The van der Waals surface area contributed by atoms with Gasteiger partial charge in [-0.05, 0) is 44.9 Å². The van der Waals surface area contributed by atoms with Gasteiger partial charge in [-0.1, -0.05) is 12.1 Å². The Labute approximate surface area is 184 Å². The lowest BCUT2D eigenvalue weighted by Crippen LogP contribution is -2.21. The molecule has 0 spiro atoms. The van der Waals surface area contributed by atoms with E-state index < -0.39 is 11.9 Å². The molecule has 0 bridgehead atoms. The molecule has 1 N–H and O–H groups in total. The highest BCUT2D eigenvalue weighted by Gasteiger charge is 2.15. The third-order valence-corrected chi connectivity index (χ3v) is 5.62. The summed E-state index contributed by atoms with van der Waals surface area (Å²) in [6, 6.07) is 11.1. The molecule has 0 unspecified atom stereocenters. The number of carbonyl (C=O) groups excluding carboxylic acids is 2. The molecule has 0 aliphatic rings. The Hall–Kier alpha value is -3.38. The molecule has 0 saturated heterocycles. The lowest BCUT2D eigenvalue weighted by Gasteiger charge is -2.12. The number of benzene rings is 1. The highest BCUT2D eigenvalue weighted by atomic mass is 32.2. The van der Waals surface area contributed by atoms with Gasteiger partial charge in [0.1, 0.15) is 0 Å². The normalized spacial score (nSPS) is 10.6. The van der Waals surface area contributed by atoms with Crippen LogP contribution in [0.2, 0.25) is 0 Å². The van der Waals surface area contributed by atoms with Gasteiger partial charge in [0.15, 0.2) is 12.3 Å². The van der Waals surface area contributed by atoms with Crippen LogP contribution in [0.1, 0.15) is 29.1 Å². The van der Waals surface area contributed by atoms with Crippen LogP contribution in [0, 0.1) is 32.1 Å². The van der Waals surface area contributed by atoms with Crippen molar-refractivity contribution in [1.82, 2.24) is 14.6 Å². The number of esters is 1. The number of thioether (sulfide) groups is 1. The SMILES string of the molecule is Cc1cc2nc(C)c(CCC(=O)OCC(=O)Nc3ccccc3SCC#N)c(C)n2n1. The van der Waals surface area contributed by atoms with Crippen molar-refractivity contribution in [2.45, 2.75) is 38.5 Å². The molecule has 0 atom stereocenters. The van der Waals surface area contributed by atoms with E-state index in [1.54, 1.807) is 16.6 Å². The molecular weight excluding hydrogens is 414 g/mol. The standard InChI is InChI=1S/C22H23N5O3S/c1-14-12-20-24-15(2)17(16(3)27(20)26-14)8-9-22(29)30-13-21(28)25-18-6-4-5-7-19(18)31-11-10-23/h4-7,12H,8-9,11,13H2,1-3H3,(H,25,28). The summed E-state index contributed by atoms with van der Waals surface area (Å²) >= 11 is 1.33. The summed E-state index contributed by atoms with van der Waals surface area (Å²) in [6.45, 7) is 5.39. The van der Waals surface area contributed by atoms with Gasteiger partial charge in [0.2, 0.25) is 0 Å². The minimum atomic E-state index is -0.460. The summed E-state index contributed by atoms with van der Waals surface area (Å²) in [5.41, 5.74) is 4.98. The van der Waals surface area contributed by atoms with Crippen molar-refractivity contribution in [3.05, 3.63) is 53.0 Å². The largest absolute Gasteiger partial charge is 0.456 e. The fourth-order valence-corrected chi connectivity index (χ4v) is 3.91. The molecule has 8 nitrogen and oxygen atoms in total. The predicted molar refractivity (Wildman–Crippen MR) is 118 cm³/mol. The first kappa shape index (κ1) is 22.3. The minimum absolute atomic E-state index is 0.136. The maximum atomic E-state index is 12.2. The first-order chi connectivity index (χ1) is 14.9. The van der Waals surface area contributed by atoms with Crippen LogP contribution in [-0.4, -0.2) is 38.8 Å². The molecule has 0 fully saturated rings. The second kappa shape index (κ2) is 10.1. The number of amides is 1. The van der Waals surface area contributed by atoms with Crippen LogP contribution in [0.3, 0.4) is 0 Å². The van der Waals surface area contributed by atoms with E-state index in [9.17, 15) is 9.59 Å². The van der Waals surface area contributed by atoms with Crippen LogP contribution >= 0.6 is 11.8 Å². The van der Waals surface area contributed by atoms with E-state index in [4.69, 9.17) is 10.00 Å². The number of aryl methyl sites for hydroxylation is 3. The molecule has 3 rings (SSSR count). The van der Waals surface area contributed by atoms with E-state index in [1.165, 1.54) is 11.8 Å². The number of nitrogens with zero attached hydrogens (tertiary/aromatic N) is 4. The number of rotatable bonds is 8. The Morgan fingerprint density at radius 1 is 1.26 bits per heavy atom. The zero-order chi connectivity index (χ0) is 22.4. The lowest BCUT2D eigenvalue weighted by molar-refractivity contribution is -0.147. The fraction of sp³-hybridized carbons (Fsp3) is 0.318. The maximum Gasteiger partial charge on any atom is 0.306 e. The Bertz CT molecular complexity index is 1170. The second-order valence-electron chi connectivity index (χ2n) is 6.97. The van der Waals surface area contributed by atoms with E-state index >= 15 is 0 Å². The Kier molecular flexibility index (Phi) is 7.26. The molecule has 9 heteroatoms. The highest BCUT2D eigenvalue weighted by Crippen LogP contribution is 2.26. The summed E-state index contributed by atoms with van der Waals surface area (Å²) in [7, 11) is 0. The molecular formula is C22H23N5O3S. The Morgan fingerprint density at radius 2 is 2.03 bits per heavy atom. The van der Waals surface area contributed by atoms with Crippen LogP contribution in [0.25, 0.3) is 5.65 Å². The number of anilines is 1. The molecule has 0 radical (unpaired) electrons. The van der Waals surface area contributed by atoms with Crippen molar-refractivity contribution < 1.29 is 14.3 Å². The quantitative estimate of drug-likeness (QED) is 0.425. The zero-order valence-electron chi connectivity index (χ0n) is 17.6. The highest BCUT2D eigenvalue weighted by molar-refractivity contribution is 7.99. The van der Waals surface area contributed by atoms with Crippen LogP contribution < -0.4 is 5.32 Å². The van der Waals surface area contributed by atoms with E-state index in [0.29, 0.717) is 12.1 Å². The van der Waals surface area contributed by atoms with Gasteiger partial charge in [0.25, 0.3) is 5.91 Å². The molecule has 0 aliphatic carbocycles. The summed E-state index contributed by atoms with van der Waals surface area (Å²) in [5.74, 6) is -0.613. The number of aromatic nitrogens is 3. The van der Waals surface area contributed by atoms with Gasteiger partial charge in [-0.25, -0.2) is 9.50 Å². The average molecular weight is 438 g/mol. The molecule has 3 aromatic rings. The fourth-order valence-electron chi connectivity index (χ4n) is 3.24. The van der Waals surface area contributed by atoms with E-state index in [0.717, 1.165) is 33.2 Å². The van der Waals surface area contributed by atoms with Crippen molar-refractivity contribution in [1.29, 1.82) is 5.26 Å². The second-order valence-corrected chi connectivity index (χ2v) is 7.99. The summed E-state index contributed by atoms with van der Waals surface area (Å²) in [6.07, 6.45) is 0.588. The van der Waals surface area contributed by atoms with Gasteiger partial charge in [-0.2, -0.15) is 10.4 Å². The molecule has 1 aromatic carbocycles. The molecule has 160 valence electrons. The first-order valence-electron chi connectivity index (χ1n) is 9.75. The molecule has 31 heavy (non-hydrogen) atoms. The smallest absolute Gasteiger partial charge is 0.306 e. The van der Waals surface area contributed by atoms with Crippen molar-refractivity contribution >= 4 is 35.0 Å². The third kappa shape index (κ3) is 5.61. The third-order valence-electron chi connectivity index (χ3n) is 4.68. The number of nitrogens with one attached hydrogen (secondary N) is 1. The number of hydrogen-bond donors (Lipinski definition) is 1. The number of para-hydroxylation sites is 1. The maximum absolute atomic E-state index is 12.2. The van der Waals surface area contributed by atoms with Gasteiger partial charge < -0.3 is 10.1 Å². The summed E-state index contributed by atoms with van der Waals surface area (Å²) < 4.78 is 6.91. The monoisotopic (exact) mass is 437 g/mol. The van der Waals surface area contributed by atoms with Gasteiger partial charge >= 0.3 is 5.97 Å². The number of ether oxygens (including phenoxy) is 1. The van der Waals surface area contributed by atoms with Crippen LogP contribution in [-0.2, 0) is 20.7 Å². The van der Waals surface area contributed by atoms with Crippen molar-refractivity contribution in [3.63, 3.8) is 0 Å². The van der Waals surface area contributed by atoms with Gasteiger partial charge in [0, 0.05) is 28.8 Å². The topological polar surface area (TPSA) is 109 Å². The van der Waals surface area contributed by atoms with E-state index in [-0.39, 0.29) is 18.8 Å². The minimum Gasteiger partial charge on any atom is -0.456 e. The summed E-state index contributed by atoms with van der Waals surface area (Å²) in [5, 5.41) is 15.9. The van der Waals surface area contributed by atoms with Gasteiger partial charge in [0.05, 0.1) is 23.2 Å². The molecule has 2 heterocycles. The number of fused-ring (bicyclic) bond motifs is 1. The van der Waals surface area contributed by atoms with Crippen LogP contribution in [0.4, 0.5) is 5.69 Å². The number of hydrogen-bond acceptors (Lipinski definition) is 7. The Morgan fingerprint density at radius 3 is 2.81 bits per heavy atom. The lowest BCUT2D eigenvalue weighted by atomic mass is 10.1. The zero-order valence-corrected chi connectivity index (χ0v) is 18.5. The van der Waals surface area contributed by atoms with Crippen LogP contribution in [0.5, 0.6) is 0 Å².